The molecule has 0 N–H and O–H groups in total. The number of unbranched alkanes of at least 4 members (excludes halogenated alkanes) is 4. The third-order valence-electron chi connectivity index (χ3n) is 3.23. The highest BCUT2D eigenvalue weighted by Crippen LogP contribution is 2.20. The minimum absolute atomic E-state index is 0.190. The second-order valence-electron chi connectivity index (χ2n) is 4.86. The monoisotopic (exact) mass is 305 g/mol. The number of nitrogens with zero attached hydrogens (tertiary/aromatic N) is 1. The van der Waals surface area contributed by atoms with E-state index in [9.17, 15) is 9.59 Å². The van der Waals surface area contributed by atoms with Crippen LogP contribution in [0.5, 0.6) is 0 Å². The average Bonchev–Trinajstić information content (AvgIpc) is 2.70. The fourth-order valence-corrected chi connectivity index (χ4v) is 2.52. The molecule has 2 amide bonds. The first-order valence-electron chi connectivity index (χ1n) is 6.88. The summed E-state index contributed by atoms with van der Waals surface area (Å²) in [7, 11) is 0. The summed E-state index contributed by atoms with van der Waals surface area (Å²) in [4.78, 5) is 23.9. The van der Waals surface area contributed by atoms with Crippen LogP contribution in [-0.4, -0.2) is 34.0 Å². The minimum Gasteiger partial charge on any atom is -0.274 e. The van der Waals surface area contributed by atoms with Gasteiger partial charge in [0, 0.05) is 18.7 Å². The second-order valence-corrected chi connectivity index (χ2v) is 5.98. The van der Waals surface area contributed by atoms with Gasteiger partial charge in [0.15, 0.2) is 0 Å². The Hall–Kier alpha value is -0.540. The van der Waals surface area contributed by atoms with Gasteiger partial charge in [-0.3, -0.25) is 14.5 Å². The van der Waals surface area contributed by atoms with Crippen molar-refractivity contribution in [1.82, 2.24) is 4.90 Å². The molecule has 108 valence electrons. The average molecular weight is 306 g/mol. The van der Waals surface area contributed by atoms with Crippen molar-refractivity contribution in [2.45, 2.75) is 56.2 Å². The van der Waals surface area contributed by atoms with E-state index in [2.05, 4.69) is 6.92 Å². The van der Waals surface area contributed by atoms with Gasteiger partial charge in [0.2, 0.25) is 0 Å². The SMILES string of the molecule is CCCCCCCC(Cl)C(Cl)CN1C(=O)C=CC1=O. The van der Waals surface area contributed by atoms with Crippen LogP contribution in [0.25, 0.3) is 0 Å². The summed E-state index contributed by atoms with van der Waals surface area (Å²) in [5.74, 6) is -0.607. The molecule has 0 saturated carbocycles. The number of carbonyl (C=O) groups excluding carboxylic acids is 2. The van der Waals surface area contributed by atoms with Crippen molar-refractivity contribution in [1.29, 1.82) is 0 Å². The number of amides is 2. The van der Waals surface area contributed by atoms with Crippen molar-refractivity contribution in [3.63, 3.8) is 0 Å². The highest BCUT2D eigenvalue weighted by Gasteiger charge is 2.28. The number of alkyl halides is 2. The third-order valence-corrected chi connectivity index (χ3v) is 4.33. The molecule has 0 fully saturated rings. The van der Waals surface area contributed by atoms with Gasteiger partial charge < -0.3 is 0 Å². The van der Waals surface area contributed by atoms with E-state index in [1.165, 1.54) is 31.4 Å². The van der Waals surface area contributed by atoms with Gasteiger partial charge in [0.1, 0.15) is 0 Å². The quantitative estimate of drug-likeness (QED) is 0.371. The fraction of sp³-hybridized carbons (Fsp3) is 0.714. The molecule has 0 aromatic heterocycles. The highest BCUT2D eigenvalue weighted by atomic mass is 35.5. The van der Waals surface area contributed by atoms with Crippen molar-refractivity contribution in [3.05, 3.63) is 12.2 Å². The minimum atomic E-state index is -0.388. The lowest BCUT2D eigenvalue weighted by molar-refractivity contribution is -0.136. The van der Waals surface area contributed by atoms with E-state index in [1.807, 2.05) is 0 Å². The largest absolute Gasteiger partial charge is 0.274 e. The topological polar surface area (TPSA) is 37.4 Å². The lowest BCUT2D eigenvalue weighted by Gasteiger charge is -2.21. The zero-order chi connectivity index (χ0) is 14.3. The van der Waals surface area contributed by atoms with Gasteiger partial charge in [-0.25, -0.2) is 0 Å². The molecule has 0 bridgehead atoms. The Balaban J connectivity index is 2.23. The Bertz CT molecular complexity index is 326. The lowest BCUT2D eigenvalue weighted by Crippen LogP contribution is -2.38. The van der Waals surface area contributed by atoms with Crippen LogP contribution < -0.4 is 0 Å². The van der Waals surface area contributed by atoms with E-state index >= 15 is 0 Å². The second kappa shape index (κ2) is 8.60. The molecule has 2 unspecified atom stereocenters. The fourth-order valence-electron chi connectivity index (χ4n) is 2.02. The molecule has 0 aromatic rings. The Morgan fingerprint density at radius 3 is 2.16 bits per heavy atom. The summed E-state index contributed by atoms with van der Waals surface area (Å²) in [5.41, 5.74) is 0. The van der Waals surface area contributed by atoms with Gasteiger partial charge in [-0.2, -0.15) is 0 Å². The molecule has 1 aliphatic heterocycles. The maximum Gasteiger partial charge on any atom is 0.253 e. The first-order valence-corrected chi connectivity index (χ1v) is 7.75. The molecule has 1 heterocycles. The highest BCUT2D eigenvalue weighted by molar-refractivity contribution is 6.30. The van der Waals surface area contributed by atoms with Crippen LogP contribution in [0, 0.1) is 0 Å². The van der Waals surface area contributed by atoms with E-state index in [0.29, 0.717) is 0 Å². The molecule has 0 spiro atoms. The molecule has 0 saturated heterocycles. The molecule has 5 heteroatoms. The number of halogens is 2. The zero-order valence-corrected chi connectivity index (χ0v) is 12.8. The molecule has 0 radical (unpaired) electrons. The molecule has 3 nitrogen and oxygen atoms in total. The van der Waals surface area contributed by atoms with E-state index in [-0.39, 0.29) is 29.1 Å². The van der Waals surface area contributed by atoms with Gasteiger partial charge in [-0.05, 0) is 6.42 Å². The van der Waals surface area contributed by atoms with Crippen molar-refractivity contribution >= 4 is 35.0 Å². The van der Waals surface area contributed by atoms with Gasteiger partial charge in [-0.15, -0.1) is 23.2 Å². The van der Waals surface area contributed by atoms with E-state index in [0.717, 1.165) is 24.2 Å². The predicted octanol–water partition coefficient (Wildman–Crippen LogP) is 3.49. The summed E-state index contributed by atoms with van der Waals surface area (Å²) in [5, 5.41) is -0.592. The van der Waals surface area contributed by atoms with E-state index in [4.69, 9.17) is 23.2 Å². The zero-order valence-electron chi connectivity index (χ0n) is 11.3. The van der Waals surface area contributed by atoms with Crippen LogP contribution in [0.4, 0.5) is 0 Å². The number of rotatable bonds is 9. The van der Waals surface area contributed by atoms with E-state index < -0.39 is 0 Å². The molecule has 19 heavy (non-hydrogen) atoms. The molecule has 1 rings (SSSR count). The molecule has 2 atom stereocenters. The van der Waals surface area contributed by atoms with Crippen molar-refractivity contribution in [2.75, 3.05) is 6.54 Å². The Labute approximate surface area is 124 Å². The number of carbonyl (C=O) groups is 2. The van der Waals surface area contributed by atoms with E-state index in [1.54, 1.807) is 0 Å². The molecular formula is C14H21Cl2NO2. The first-order chi connectivity index (χ1) is 9.06. The Kier molecular flexibility index (Phi) is 7.47. The van der Waals surface area contributed by atoms with Crippen LogP contribution in [0.3, 0.4) is 0 Å². The summed E-state index contributed by atoms with van der Waals surface area (Å²) < 4.78 is 0. The summed E-state index contributed by atoms with van der Waals surface area (Å²) in [6, 6.07) is 0. The van der Waals surface area contributed by atoms with Gasteiger partial charge in [0.25, 0.3) is 11.8 Å². The van der Waals surface area contributed by atoms with Gasteiger partial charge >= 0.3 is 0 Å². The number of imide groups is 1. The summed E-state index contributed by atoms with van der Waals surface area (Å²) in [6.07, 6.45) is 9.23. The number of hydrogen-bond donors (Lipinski definition) is 0. The third kappa shape index (κ3) is 5.53. The molecule has 0 aliphatic carbocycles. The lowest BCUT2D eigenvalue weighted by atomic mass is 10.1. The van der Waals surface area contributed by atoms with Crippen LogP contribution in [0.1, 0.15) is 45.4 Å². The molecule has 1 aliphatic rings. The van der Waals surface area contributed by atoms with Crippen LogP contribution in [-0.2, 0) is 9.59 Å². The van der Waals surface area contributed by atoms with Crippen LogP contribution in [0.2, 0.25) is 0 Å². The maximum atomic E-state index is 11.4. The Morgan fingerprint density at radius 2 is 1.58 bits per heavy atom. The standard InChI is InChI=1S/C14H21Cl2NO2/c1-2-3-4-5-6-7-11(15)12(16)10-17-13(18)8-9-14(17)19/h8-9,11-12H,2-7,10H2,1H3. The smallest absolute Gasteiger partial charge is 0.253 e. The van der Waals surface area contributed by atoms with Gasteiger partial charge in [-0.1, -0.05) is 39.0 Å². The van der Waals surface area contributed by atoms with Gasteiger partial charge in [0.05, 0.1) is 10.8 Å². The molecule has 0 aromatic carbocycles. The van der Waals surface area contributed by atoms with Crippen molar-refractivity contribution in [3.8, 4) is 0 Å². The van der Waals surface area contributed by atoms with Crippen molar-refractivity contribution < 1.29 is 9.59 Å². The normalized spacial score (nSPS) is 18.2. The number of hydrogen-bond acceptors (Lipinski definition) is 2. The van der Waals surface area contributed by atoms with Crippen LogP contribution in [0.15, 0.2) is 12.2 Å². The summed E-state index contributed by atoms with van der Waals surface area (Å²) >= 11 is 12.4. The summed E-state index contributed by atoms with van der Waals surface area (Å²) in [6.45, 7) is 2.37. The Morgan fingerprint density at radius 1 is 1.00 bits per heavy atom. The first kappa shape index (κ1) is 16.5. The molecular weight excluding hydrogens is 285 g/mol. The maximum absolute atomic E-state index is 11.4. The predicted molar refractivity (Wildman–Crippen MR) is 78.5 cm³/mol. The van der Waals surface area contributed by atoms with Crippen LogP contribution >= 0.6 is 23.2 Å². The van der Waals surface area contributed by atoms with Crippen molar-refractivity contribution in [2.24, 2.45) is 0 Å².